The van der Waals surface area contributed by atoms with Crippen LogP contribution in [0.1, 0.15) is 38.5 Å². The van der Waals surface area contributed by atoms with Crippen LogP contribution in [0.2, 0.25) is 5.02 Å². The summed E-state index contributed by atoms with van der Waals surface area (Å²) in [6.07, 6.45) is 4.81. The molecule has 1 saturated carbocycles. The number of amides is 4. The highest BCUT2D eigenvalue weighted by molar-refractivity contribution is 7.89. The molecule has 0 atom stereocenters. The Kier molecular flexibility index (Phi) is 6.94. The summed E-state index contributed by atoms with van der Waals surface area (Å²) >= 11 is 6.18. The number of sulfonamides is 1. The summed E-state index contributed by atoms with van der Waals surface area (Å²) in [5, 5.41) is 5.48. The van der Waals surface area contributed by atoms with E-state index in [1.54, 1.807) is 0 Å². The third kappa shape index (κ3) is 4.86. The van der Waals surface area contributed by atoms with Crippen LogP contribution in [0.15, 0.2) is 23.1 Å². The number of imide groups is 1. The van der Waals surface area contributed by atoms with E-state index in [0.717, 1.165) is 30.6 Å². The smallest absolute Gasteiger partial charge is 0.325 e. The van der Waals surface area contributed by atoms with Crippen molar-refractivity contribution in [2.45, 2.75) is 49.0 Å². The van der Waals surface area contributed by atoms with Crippen LogP contribution >= 0.6 is 11.6 Å². The Hall–Kier alpha value is -2.21. The Labute approximate surface area is 197 Å². The first-order chi connectivity index (χ1) is 15.7. The van der Waals surface area contributed by atoms with Gasteiger partial charge in [0.05, 0.1) is 28.8 Å². The van der Waals surface area contributed by atoms with Gasteiger partial charge in [0, 0.05) is 13.1 Å². The molecule has 0 radical (unpaired) electrons. The summed E-state index contributed by atoms with van der Waals surface area (Å²) in [5.74, 6) is -1.04. The lowest BCUT2D eigenvalue weighted by molar-refractivity contribution is -0.134. The molecule has 0 unspecified atom stereocenters. The van der Waals surface area contributed by atoms with Crippen molar-refractivity contribution in [3.8, 4) is 0 Å². The van der Waals surface area contributed by atoms with Gasteiger partial charge in [0.1, 0.15) is 12.1 Å². The van der Waals surface area contributed by atoms with Crippen LogP contribution in [0.3, 0.4) is 0 Å². The number of ether oxygens (including phenoxy) is 1. The normalized spacial score (nSPS) is 21.7. The first-order valence-corrected chi connectivity index (χ1v) is 12.9. The molecule has 2 aliphatic heterocycles. The zero-order valence-electron chi connectivity index (χ0n) is 18.1. The van der Waals surface area contributed by atoms with Crippen LogP contribution in [0, 0.1) is 0 Å². The molecule has 3 aliphatic rings. The number of hydrogen-bond acceptors (Lipinski definition) is 6. The van der Waals surface area contributed by atoms with Gasteiger partial charge in [0.25, 0.3) is 5.91 Å². The van der Waals surface area contributed by atoms with Crippen molar-refractivity contribution in [3.05, 3.63) is 23.2 Å². The van der Waals surface area contributed by atoms with Crippen molar-refractivity contribution in [3.63, 3.8) is 0 Å². The average Bonchev–Trinajstić information content (AvgIpc) is 2.94. The number of carbonyl (C=O) groups is 3. The van der Waals surface area contributed by atoms with Crippen molar-refractivity contribution < 1.29 is 27.5 Å². The van der Waals surface area contributed by atoms with E-state index in [4.69, 9.17) is 16.3 Å². The molecule has 10 nitrogen and oxygen atoms in total. The second-order valence-electron chi connectivity index (χ2n) is 8.52. The van der Waals surface area contributed by atoms with Gasteiger partial charge in [-0.3, -0.25) is 14.5 Å². The van der Waals surface area contributed by atoms with Gasteiger partial charge in [-0.1, -0.05) is 37.3 Å². The number of morpholine rings is 1. The maximum absolute atomic E-state index is 13.0. The van der Waals surface area contributed by atoms with Crippen LogP contribution in [0.25, 0.3) is 0 Å². The SMILES string of the molecule is O=C(CN1C(=O)NC2(CCCCCC2)C1=O)Nc1cc(S(=O)(=O)N2CCOCC2)ccc1Cl. The average molecular weight is 499 g/mol. The van der Waals surface area contributed by atoms with Gasteiger partial charge in [-0.25, -0.2) is 13.2 Å². The van der Waals surface area contributed by atoms with E-state index in [9.17, 15) is 22.8 Å². The molecule has 1 aliphatic carbocycles. The van der Waals surface area contributed by atoms with Crippen molar-refractivity contribution in [1.29, 1.82) is 0 Å². The number of benzene rings is 1. The molecule has 33 heavy (non-hydrogen) atoms. The standard InChI is InChI=1S/C21H27ClN4O6S/c22-16-6-5-15(33(30,31)25-9-11-32-12-10-25)13-17(16)23-18(27)14-26-19(28)21(24-20(26)29)7-3-1-2-4-8-21/h5-6,13H,1-4,7-12,14H2,(H,23,27)(H,24,29). The minimum atomic E-state index is -3.78. The van der Waals surface area contributed by atoms with E-state index in [1.165, 1.54) is 22.5 Å². The number of rotatable bonds is 5. The van der Waals surface area contributed by atoms with E-state index in [2.05, 4.69) is 10.6 Å². The predicted octanol–water partition coefficient (Wildman–Crippen LogP) is 1.94. The fourth-order valence-corrected chi connectivity index (χ4v) is 6.12. The summed E-state index contributed by atoms with van der Waals surface area (Å²) in [6.45, 7) is 0.609. The van der Waals surface area contributed by atoms with Gasteiger partial charge in [-0.05, 0) is 31.0 Å². The summed E-state index contributed by atoms with van der Waals surface area (Å²) in [5.41, 5.74) is -0.843. The lowest BCUT2D eigenvalue weighted by atomic mass is 9.90. The van der Waals surface area contributed by atoms with E-state index < -0.39 is 34.0 Å². The number of hydrogen-bond donors (Lipinski definition) is 2. The lowest BCUT2D eigenvalue weighted by Crippen LogP contribution is -2.47. The largest absolute Gasteiger partial charge is 0.379 e. The van der Waals surface area contributed by atoms with E-state index >= 15 is 0 Å². The minimum Gasteiger partial charge on any atom is -0.379 e. The Morgan fingerprint density at radius 2 is 1.79 bits per heavy atom. The lowest BCUT2D eigenvalue weighted by Gasteiger charge is -2.26. The molecule has 2 N–H and O–H groups in total. The Balaban J connectivity index is 1.47. The van der Waals surface area contributed by atoms with E-state index in [1.807, 2.05) is 0 Å². The minimum absolute atomic E-state index is 0.0171. The van der Waals surface area contributed by atoms with Crippen LogP contribution in [-0.4, -0.2) is 73.9 Å². The van der Waals surface area contributed by atoms with Crippen LogP contribution in [-0.2, 0) is 24.3 Å². The molecule has 4 rings (SSSR count). The van der Waals surface area contributed by atoms with Gasteiger partial charge in [-0.2, -0.15) is 4.31 Å². The molecular formula is C21H27ClN4O6S. The molecular weight excluding hydrogens is 472 g/mol. The Morgan fingerprint density at radius 1 is 1.12 bits per heavy atom. The molecule has 4 amide bonds. The number of nitrogens with one attached hydrogen (secondary N) is 2. The molecule has 2 heterocycles. The molecule has 180 valence electrons. The quantitative estimate of drug-likeness (QED) is 0.598. The number of halogens is 1. The molecule has 0 bridgehead atoms. The van der Waals surface area contributed by atoms with Gasteiger partial charge in [0.2, 0.25) is 15.9 Å². The molecule has 2 saturated heterocycles. The molecule has 1 spiro atoms. The molecule has 3 fully saturated rings. The first-order valence-electron chi connectivity index (χ1n) is 11.0. The van der Waals surface area contributed by atoms with Gasteiger partial charge >= 0.3 is 6.03 Å². The van der Waals surface area contributed by atoms with E-state index in [-0.39, 0.29) is 34.6 Å². The maximum Gasteiger partial charge on any atom is 0.325 e. The van der Waals surface area contributed by atoms with Crippen molar-refractivity contribution >= 4 is 45.2 Å². The zero-order valence-corrected chi connectivity index (χ0v) is 19.7. The predicted molar refractivity (Wildman–Crippen MR) is 120 cm³/mol. The summed E-state index contributed by atoms with van der Waals surface area (Å²) < 4.78 is 32.3. The molecule has 1 aromatic rings. The zero-order chi connectivity index (χ0) is 23.6. The first kappa shape index (κ1) is 23.9. The van der Waals surface area contributed by atoms with Gasteiger partial charge in [0.15, 0.2) is 0 Å². The second kappa shape index (κ2) is 9.57. The van der Waals surface area contributed by atoms with Gasteiger partial charge in [-0.15, -0.1) is 0 Å². The van der Waals surface area contributed by atoms with Crippen molar-refractivity contribution in [1.82, 2.24) is 14.5 Å². The van der Waals surface area contributed by atoms with Crippen LogP contribution < -0.4 is 10.6 Å². The highest BCUT2D eigenvalue weighted by atomic mass is 35.5. The molecule has 1 aromatic carbocycles. The fraction of sp³-hybridized carbons (Fsp3) is 0.571. The third-order valence-corrected chi connectivity index (χ3v) is 8.55. The molecule has 0 aromatic heterocycles. The topological polar surface area (TPSA) is 125 Å². The van der Waals surface area contributed by atoms with E-state index in [0.29, 0.717) is 26.1 Å². The summed E-state index contributed by atoms with van der Waals surface area (Å²) in [7, 11) is -3.78. The third-order valence-electron chi connectivity index (χ3n) is 6.32. The summed E-state index contributed by atoms with van der Waals surface area (Å²) in [4.78, 5) is 39.1. The molecule has 12 heteroatoms. The Morgan fingerprint density at radius 3 is 2.45 bits per heavy atom. The summed E-state index contributed by atoms with van der Waals surface area (Å²) in [6, 6.07) is 3.45. The van der Waals surface area contributed by atoms with Crippen LogP contribution in [0.5, 0.6) is 0 Å². The number of carbonyl (C=O) groups excluding carboxylic acids is 3. The number of urea groups is 1. The highest BCUT2D eigenvalue weighted by Gasteiger charge is 2.51. The van der Waals surface area contributed by atoms with Crippen LogP contribution in [0.4, 0.5) is 10.5 Å². The van der Waals surface area contributed by atoms with Crippen molar-refractivity contribution in [2.24, 2.45) is 0 Å². The fourth-order valence-electron chi connectivity index (χ4n) is 4.52. The second-order valence-corrected chi connectivity index (χ2v) is 10.9. The Bertz CT molecular complexity index is 1050. The monoisotopic (exact) mass is 498 g/mol. The van der Waals surface area contributed by atoms with Crippen molar-refractivity contribution in [2.75, 3.05) is 38.2 Å². The van der Waals surface area contributed by atoms with Gasteiger partial charge < -0.3 is 15.4 Å². The number of nitrogens with zero attached hydrogens (tertiary/aromatic N) is 2. The maximum atomic E-state index is 13.0. The highest BCUT2D eigenvalue weighted by Crippen LogP contribution is 2.33. The number of anilines is 1.